The van der Waals surface area contributed by atoms with Crippen molar-refractivity contribution in [1.29, 1.82) is 0 Å². The molecule has 10 heteroatoms. The van der Waals surface area contributed by atoms with Crippen LogP contribution >= 0.6 is 24.0 Å². The number of likely N-dealkylation sites (tertiary alicyclic amines) is 1. The maximum Gasteiger partial charge on any atom is 0.243 e. The Bertz CT molecular complexity index is 705. The summed E-state index contributed by atoms with van der Waals surface area (Å²) in [5, 5.41) is 8.16. The third-order valence-electron chi connectivity index (χ3n) is 4.86. The van der Waals surface area contributed by atoms with Crippen LogP contribution in [0, 0.1) is 17.5 Å². The van der Waals surface area contributed by atoms with Crippen molar-refractivity contribution in [2.24, 2.45) is 4.99 Å². The lowest BCUT2D eigenvalue weighted by Crippen LogP contribution is -2.47. The quantitative estimate of drug-likeness (QED) is 0.221. The van der Waals surface area contributed by atoms with Crippen LogP contribution in [0.5, 0.6) is 0 Å². The summed E-state index contributed by atoms with van der Waals surface area (Å²) in [6.07, 6.45) is 4.85. The highest BCUT2D eigenvalue weighted by Gasteiger charge is 2.20. The number of piperidine rings is 1. The van der Waals surface area contributed by atoms with Crippen molar-refractivity contribution >= 4 is 41.5 Å². The lowest BCUT2D eigenvalue weighted by atomic mass is 10.0. The monoisotopic (exact) mass is 527 g/mol. The van der Waals surface area contributed by atoms with E-state index in [0.29, 0.717) is 18.5 Å². The van der Waals surface area contributed by atoms with Crippen LogP contribution < -0.4 is 16.0 Å². The number of halogens is 4. The van der Waals surface area contributed by atoms with Gasteiger partial charge in [-0.1, -0.05) is 13.3 Å². The molecule has 6 nitrogen and oxygen atoms in total. The number of amides is 1. The number of anilines is 1. The minimum absolute atomic E-state index is 0. The molecule has 1 aliphatic rings. The van der Waals surface area contributed by atoms with E-state index >= 15 is 0 Å². The maximum atomic E-state index is 13.6. The number of carbonyl (C=O) groups excluding carboxylic acids is 1. The number of hydrogen-bond donors (Lipinski definition) is 3. The van der Waals surface area contributed by atoms with Gasteiger partial charge in [0.25, 0.3) is 0 Å². The van der Waals surface area contributed by atoms with Gasteiger partial charge in [0.1, 0.15) is 0 Å². The highest BCUT2D eigenvalue weighted by Crippen LogP contribution is 2.19. The van der Waals surface area contributed by atoms with Gasteiger partial charge in [-0.3, -0.25) is 14.7 Å². The number of guanidine groups is 1. The zero-order chi connectivity index (χ0) is 20.5. The molecular weight excluding hydrogens is 498 g/mol. The molecule has 0 bridgehead atoms. The predicted molar refractivity (Wildman–Crippen MR) is 119 cm³/mol. The Morgan fingerprint density at radius 3 is 2.66 bits per heavy atom. The SMILES string of the molecule is CCC1CCCCN1CCNC(=NC)NCC(=O)Nc1ccc(F)c(F)c1F.I. The van der Waals surface area contributed by atoms with Crippen molar-refractivity contribution in [1.82, 2.24) is 15.5 Å². The van der Waals surface area contributed by atoms with E-state index < -0.39 is 29.0 Å². The van der Waals surface area contributed by atoms with Crippen LogP contribution in [0.1, 0.15) is 32.6 Å². The second-order valence-electron chi connectivity index (χ2n) is 6.72. The number of benzene rings is 1. The molecule has 3 N–H and O–H groups in total. The zero-order valence-electron chi connectivity index (χ0n) is 16.7. The Hall–Kier alpha value is -1.56. The smallest absolute Gasteiger partial charge is 0.243 e. The molecule has 29 heavy (non-hydrogen) atoms. The molecule has 2 rings (SSSR count). The number of hydrogen-bond acceptors (Lipinski definition) is 3. The molecule has 1 saturated heterocycles. The lowest BCUT2D eigenvalue weighted by Gasteiger charge is -2.35. The molecule has 1 aromatic carbocycles. The van der Waals surface area contributed by atoms with E-state index in [9.17, 15) is 18.0 Å². The van der Waals surface area contributed by atoms with Gasteiger partial charge in [-0.05, 0) is 37.9 Å². The molecule has 0 spiro atoms. The Balaban J connectivity index is 0.00000420. The van der Waals surface area contributed by atoms with Crippen LogP contribution in [-0.2, 0) is 4.79 Å². The topological polar surface area (TPSA) is 68.8 Å². The van der Waals surface area contributed by atoms with Crippen molar-refractivity contribution in [2.45, 2.75) is 38.6 Å². The Labute approximate surface area is 186 Å². The first-order valence-corrected chi connectivity index (χ1v) is 9.58. The summed E-state index contributed by atoms with van der Waals surface area (Å²) in [6, 6.07) is 2.34. The summed E-state index contributed by atoms with van der Waals surface area (Å²) in [6.45, 7) is 4.65. The molecule has 1 unspecified atom stereocenters. The van der Waals surface area contributed by atoms with Crippen LogP contribution in [0.4, 0.5) is 18.9 Å². The lowest BCUT2D eigenvalue weighted by molar-refractivity contribution is -0.115. The number of nitrogens with zero attached hydrogens (tertiary/aromatic N) is 2. The molecule has 1 atom stereocenters. The minimum Gasteiger partial charge on any atom is -0.355 e. The van der Waals surface area contributed by atoms with Gasteiger partial charge in [0.2, 0.25) is 5.91 Å². The summed E-state index contributed by atoms with van der Waals surface area (Å²) in [7, 11) is 1.58. The van der Waals surface area contributed by atoms with Crippen molar-refractivity contribution in [3.63, 3.8) is 0 Å². The molecule has 0 aromatic heterocycles. The van der Waals surface area contributed by atoms with Crippen molar-refractivity contribution in [3.8, 4) is 0 Å². The molecule has 1 heterocycles. The van der Waals surface area contributed by atoms with E-state index in [-0.39, 0.29) is 30.5 Å². The van der Waals surface area contributed by atoms with Gasteiger partial charge in [0.05, 0.1) is 12.2 Å². The van der Waals surface area contributed by atoms with Crippen LogP contribution in [0.3, 0.4) is 0 Å². The zero-order valence-corrected chi connectivity index (χ0v) is 19.1. The molecule has 1 aliphatic heterocycles. The van der Waals surface area contributed by atoms with Crippen LogP contribution in [0.2, 0.25) is 0 Å². The highest BCUT2D eigenvalue weighted by molar-refractivity contribution is 14.0. The summed E-state index contributed by atoms with van der Waals surface area (Å²) in [4.78, 5) is 18.4. The summed E-state index contributed by atoms with van der Waals surface area (Å²) >= 11 is 0. The van der Waals surface area contributed by atoms with E-state index in [0.717, 1.165) is 31.6 Å². The summed E-state index contributed by atoms with van der Waals surface area (Å²) in [5.41, 5.74) is -0.413. The second-order valence-corrected chi connectivity index (χ2v) is 6.72. The number of nitrogens with one attached hydrogen (secondary N) is 3. The van der Waals surface area contributed by atoms with Crippen molar-refractivity contribution < 1.29 is 18.0 Å². The average Bonchev–Trinajstić information content (AvgIpc) is 2.71. The van der Waals surface area contributed by atoms with E-state index in [4.69, 9.17) is 0 Å². The van der Waals surface area contributed by atoms with Gasteiger partial charge in [-0.2, -0.15) is 0 Å². The van der Waals surface area contributed by atoms with Crippen LogP contribution in [0.15, 0.2) is 17.1 Å². The largest absolute Gasteiger partial charge is 0.355 e. The van der Waals surface area contributed by atoms with Crippen molar-refractivity contribution in [2.75, 3.05) is 38.5 Å². The third kappa shape index (κ3) is 7.65. The fourth-order valence-electron chi connectivity index (χ4n) is 3.34. The summed E-state index contributed by atoms with van der Waals surface area (Å²) in [5.74, 6) is -4.52. The normalized spacial score (nSPS) is 17.4. The molecule has 0 aliphatic carbocycles. The second kappa shape index (κ2) is 12.9. The predicted octanol–water partition coefficient (Wildman–Crippen LogP) is 3.09. The summed E-state index contributed by atoms with van der Waals surface area (Å²) < 4.78 is 39.7. The standard InChI is InChI=1S/C19H28F3N5O.HI/c1-3-13-6-4-5-10-27(13)11-9-24-19(23-2)25-12-16(28)26-15-8-7-14(20)17(21)18(15)22;/h7-8,13H,3-6,9-12H2,1-2H3,(H,26,28)(H2,23,24,25);1H. The molecule has 1 amide bonds. The molecule has 0 saturated carbocycles. The van der Waals surface area contributed by atoms with Crippen LogP contribution in [0.25, 0.3) is 0 Å². The first-order valence-electron chi connectivity index (χ1n) is 9.58. The minimum atomic E-state index is -1.62. The fourth-order valence-corrected chi connectivity index (χ4v) is 3.34. The first kappa shape index (κ1) is 25.5. The van der Waals surface area contributed by atoms with E-state index in [1.54, 1.807) is 7.05 Å². The van der Waals surface area contributed by atoms with Crippen molar-refractivity contribution in [3.05, 3.63) is 29.6 Å². The average molecular weight is 527 g/mol. The Kier molecular flexibility index (Phi) is 11.3. The Morgan fingerprint density at radius 1 is 1.21 bits per heavy atom. The number of aliphatic imine (C=N–C) groups is 1. The van der Waals surface area contributed by atoms with E-state index in [1.165, 1.54) is 19.3 Å². The maximum absolute atomic E-state index is 13.6. The van der Waals surface area contributed by atoms with E-state index in [2.05, 4.69) is 32.8 Å². The van der Waals surface area contributed by atoms with Crippen LogP contribution in [-0.4, -0.2) is 56.0 Å². The van der Waals surface area contributed by atoms with E-state index in [1.807, 2.05) is 0 Å². The van der Waals surface area contributed by atoms with Gasteiger partial charge >= 0.3 is 0 Å². The molecule has 1 aromatic rings. The van der Waals surface area contributed by atoms with Gasteiger partial charge in [0.15, 0.2) is 23.4 Å². The van der Waals surface area contributed by atoms with Gasteiger partial charge in [0, 0.05) is 26.2 Å². The molecular formula is C19H29F3IN5O. The molecule has 1 fully saturated rings. The highest BCUT2D eigenvalue weighted by atomic mass is 127. The van der Waals surface area contributed by atoms with Gasteiger partial charge in [-0.15, -0.1) is 24.0 Å². The van der Waals surface area contributed by atoms with Gasteiger partial charge in [-0.25, -0.2) is 13.2 Å². The third-order valence-corrected chi connectivity index (χ3v) is 4.86. The fraction of sp³-hybridized carbons (Fsp3) is 0.579. The molecule has 0 radical (unpaired) electrons. The number of carbonyl (C=O) groups is 1. The number of rotatable bonds is 7. The molecule has 164 valence electrons. The van der Waals surface area contributed by atoms with Gasteiger partial charge < -0.3 is 16.0 Å². The Morgan fingerprint density at radius 2 is 1.97 bits per heavy atom. The first-order chi connectivity index (χ1) is 13.5.